The van der Waals surface area contributed by atoms with Gasteiger partial charge in [0.25, 0.3) is 0 Å². The molecule has 9 rings (SSSR count). The van der Waals surface area contributed by atoms with Crippen LogP contribution in [0.5, 0.6) is 0 Å². The van der Waals surface area contributed by atoms with E-state index in [1.807, 2.05) is 18.5 Å². The van der Waals surface area contributed by atoms with E-state index in [1.165, 1.54) is 59.9 Å². The Hall–Kier alpha value is -5.41. The van der Waals surface area contributed by atoms with Gasteiger partial charge in [0.15, 0.2) is 0 Å². The van der Waals surface area contributed by atoms with Crippen LogP contribution in [-0.4, -0.2) is 14.0 Å². The molecule has 3 heteroatoms. The third-order valence-corrected chi connectivity index (χ3v) is 8.34. The topological polar surface area (TPSA) is 22.2 Å². The molecule has 0 fully saturated rings. The summed E-state index contributed by atoms with van der Waals surface area (Å²) in [6.45, 7) is 0. The van der Waals surface area contributed by atoms with E-state index < -0.39 is 0 Å². The molecule has 0 aliphatic carbocycles. The minimum atomic E-state index is 1.11. The number of hydrogen-bond donors (Lipinski definition) is 0. The van der Waals surface area contributed by atoms with Crippen LogP contribution >= 0.6 is 0 Å². The highest BCUT2D eigenvalue weighted by molar-refractivity contribution is 6.28. The Bertz CT molecular complexity index is 2430. The molecule has 5 aromatic carbocycles. The molecule has 0 N–H and O–H groups in total. The fraction of sp³-hybridized carbons (Fsp3) is 0. The lowest BCUT2D eigenvalue weighted by atomic mass is 10.0. The zero-order valence-electron chi connectivity index (χ0n) is 21.6. The maximum atomic E-state index is 4.37. The van der Waals surface area contributed by atoms with Crippen LogP contribution in [0.15, 0.2) is 140 Å². The summed E-state index contributed by atoms with van der Waals surface area (Å²) in [4.78, 5) is 4.37. The number of fused-ring (bicyclic) bond motifs is 12. The first-order valence-electron chi connectivity index (χ1n) is 13.6. The maximum Gasteiger partial charge on any atom is 0.0627 e. The van der Waals surface area contributed by atoms with Crippen LogP contribution in [0.3, 0.4) is 0 Å². The Kier molecular flexibility index (Phi) is 4.33. The summed E-state index contributed by atoms with van der Waals surface area (Å²) in [7, 11) is 0. The Labute approximate surface area is 230 Å². The van der Waals surface area contributed by atoms with Gasteiger partial charge in [0.1, 0.15) is 0 Å². The molecule has 0 aliphatic rings. The Morgan fingerprint density at radius 1 is 0.475 bits per heavy atom. The van der Waals surface area contributed by atoms with Gasteiger partial charge in [-0.2, -0.15) is 0 Å². The van der Waals surface area contributed by atoms with E-state index in [-0.39, 0.29) is 0 Å². The molecule has 0 amide bonds. The molecule has 4 heterocycles. The first-order chi connectivity index (χ1) is 19.9. The molecule has 4 aromatic heterocycles. The van der Waals surface area contributed by atoms with Gasteiger partial charge in [-0.1, -0.05) is 84.9 Å². The maximum absolute atomic E-state index is 4.37. The van der Waals surface area contributed by atoms with E-state index in [9.17, 15) is 0 Å². The van der Waals surface area contributed by atoms with Crippen molar-refractivity contribution >= 4 is 59.9 Å². The standard InChI is InChI=1S/C37H23N3/c1-4-15-32-25(9-1)22-35-31-19-18-29-28-13-2-5-16-33(28)39(27-12-7-10-24(21-27)26-11-8-20-38-23-26)37(29)36(31)30-14-3-6-17-34(30)40(32)35/h1-23H. The van der Waals surface area contributed by atoms with E-state index in [2.05, 4.69) is 135 Å². The van der Waals surface area contributed by atoms with Gasteiger partial charge >= 0.3 is 0 Å². The molecule has 0 radical (unpaired) electrons. The number of hydrogen-bond acceptors (Lipinski definition) is 1. The van der Waals surface area contributed by atoms with Crippen molar-refractivity contribution in [1.29, 1.82) is 0 Å². The highest BCUT2D eigenvalue weighted by Gasteiger charge is 2.20. The Morgan fingerprint density at radius 2 is 1.20 bits per heavy atom. The van der Waals surface area contributed by atoms with E-state index in [4.69, 9.17) is 0 Å². The lowest BCUT2D eigenvalue weighted by Gasteiger charge is -2.15. The lowest BCUT2D eigenvalue weighted by molar-refractivity contribution is 1.19. The van der Waals surface area contributed by atoms with Crippen LogP contribution in [0.2, 0.25) is 0 Å². The molecule has 0 spiro atoms. The summed E-state index contributed by atoms with van der Waals surface area (Å²) in [6, 6.07) is 46.2. The first-order valence-corrected chi connectivity index (χ1v) is 13.6. The smallest absolute Gasteiger partial charge is 0.0627 e. The van der Waals surface area contributed by atoms with Crippen molar-refractivity contribution in [1.82, 2.24) is 14.0 Å². The molecule has 0 bridgehead atoms. The number of benzene rings is 5. The molecule has 0 saturated carbocycles. The summed E-state index contributed by atoms with van der Waals surface area (Å²) in [6.07, 6.45) is 3.76. The number of rotatable bonds is 2. The van der Waals surface area contributed by atoms with Crippen molar-refractivity contribution < 1.29 is 0 Å². The van der Waals surface area contributed by atoms with E-state index in [1.54, 1.807) is 0 Å². The van der Waals surface area contributed by atoms with Crippen LogP contribution in [0.25, 0.3) is 76.7 Å². The molecule has 0 atom stereocenters. The summed E-state index contributed by atoms with van der Waals surface area (Å²) in [5.41, 5.74) is 9.55. The molecule has 40 heavy (non-hydrogen) atoms. The van der Waals surface area contributed by atoms with E-state index >= 15 is 0 Å². The van der Waals surface area contributed by atoms with E-state index in [0.29, 0.717) is 0 Å². The highest BCUT2D eigenvalue weighted by Crippen LogP contribution is 2.42. The average Bonchev–Trinajstić information content (AvgIpc) is 3.58. The summed E-state index contributed by atoms with van der Waals surface area (Å²) < 4.78 is 4.88. The Morgan fingerprint density at radius 3 is 2.08 bits per heavy atom. The molecule has 3 nitrogen and oxygen atoms in total. The van der Waals surface area contributed by atoms with Crippen molar-refractivity contribution in [3.8, 4) is 16.8 Å². The zero-order valence-corrected chi connectivity index (χ0v) is 21.6. The molecule has 186 valence electrons. The minimum Gasteiger partial charge on any atom is -0.309 e. The third-order valence-electron chi connectivity index (χ3n) is 8.34. The lowest BCUT2D eigenvalue weighted by Crippen LogP contribution is -1.97. The first kappa shape index (κ1) is 21.5. The van der Waals surface area contributed by atoms with Gasteiger partial charge in [0.2, 0.25) is 0 Å². The normalized spacial score (nSPS) is 12.0. The largest absolute Gasteiger partial charge is 0.309 e. The molecular formula is C37H23N3. The van der Waals surface area contributed by atoms with Gasteiger partial charge in [-0.25, -0.2) is 0 Å². The van der Waals surface area contributed by atoms with Crippen LogP contribution in [-0.2, 0) is 0 Å². The van der Waals surface area contributed by atoms with Gasteiger partial charge in [-0.15, -0.1) is 0 Å². The predicted octanol–water partition coefficient (Wildman–Crippen LogP) is 9.56. The molecule has 0 aliphatic heterocycles. The van der Waals surface area contributed by atoms with Gasteiger partial charge in [-0.3, -0.25) is 4.98 Å². The van der Waals surface area contributed by atoms with Crippen molar-refractivity contribution in [2.45, 2.75) is 0 Å². The predicted molar refractivity (Wildman–Crippen MR) is 167 cm³/mol. The number of pyridine rings is 2. The van der Waals surface area contributed by atoms with Crippen LogP contribution in [0.1, 0.15) is 0 Å². The third kappa shape index (κ3) is 2.86. The van der Waals surface area contributed by atoms with Gasteiger partial charge in [0, 0.05) is 56.0 Å². The van der Waals surface area contributed by atoms with Crippen LogP contribution in [0, 0.1) is 0 Å². The molecular weight excluding hydrogens is 486 g/mol. The quantitative estimate of drug-likeness (QED) is 0.213. The monoisotopic (exact) mass is 509 g/mol. The van der Waals surface area contributed by atoms with Gasteiger partial charge in [0.05, 0.1) is 27.6 Å². The minimum absolute atomic E-state index is 1.11. The molecule has 9 aromatic rings. The second-order valence-corrected chi connectivity index (χ2v) is 10.5. The van der Waals surface area contributed by atoms with E-state index in [0.717, 1.165) is 16.8 Å². The molecule has 0 saturated heterocycles. The van der Waals surface area contributed by atoms with Crippen molar-refractivity contribution in [3.63, 3.8) is 0 Å². The number of nitrogens with zero attached hydrogens (tertiary/aromatic N) is 3. The zero-order chi connectivity index (χ0) is 26.2. The fourth-order valence-electron chi connectivity index (χ4n) is 6.66. The van der Waals surface area contributed by atoms with Crippen LogP contribution in [0.4, 0.5) is 0 Å². The highest BCUT2D eigenvalue weighted by atomic mass is 15.0. The average molecular weight is 510 g/mol. The fourth-order valence-corrected chi connectivity index (χ4v) is 6.66. The van der Waals surface area contributed by atoms with Crippen molar-refractivity contribution in [2.24, 2.45) is 0 Å². The van der Waals surface area contributed by atoms with Crippen LogP contribution < -0.4 is 0 Å². The SMILES string of the molecule is c1cncc(-c2cccc(-n3c4ccccc4c4ccc5c(c6ccccc6n6c7ccccc7cc56)c43)c2)c1. The van der Waals surface area contributed by atoms with Gasteiger partial charge < -0.3 is 8.97 Å². The van der Waals surface area contributed by atoms with Crippen molar-refractivity contribution in [3.05, 3.63) is 140 Å². The summed E-state index contributed by atoms with van der Waals surface area (Å²) in [5.74, 6) is 0. The van der Waals surface area contributed by atoms with Gasteiger partial charge in [-0.05, 0) is 48.0 Å². The second kappa shape index (κ2) is 8.05. The number of para-hydroxylation sites is 3. The summed E-state index contributed by atoms with van der Waals surface area (Å²) >= 11 is 0. The summed E-state index contributed by atoms with van der Waals surface area (Å²) in [5, 5.41) is 7.58. The Balaban J connectivity index is 1.51. The second-order valence-electron chi connectivity index (χ2n) is 10.5. The molecule has 0 unspecified atom stereocenters. The number of aromatic nitrogens is 3. The van der Waals surface area contributed by atoms with Crippen molar-refractivity contribution in [2.75, 3.05) is 0 Å².